The summed E-state index contributed by atoms with van der Waals surface area (Å²) in [5, 5.41) is 15.1. The second kappa shape index (κ2) is 7.67. The Balaban J connectivity index is 1.68. The fraction of sp³-hybridized carbons (Fsp3) is 0.227. The van der Waals surface area contributed by atoms with Gasteiger partial charge in [0.25, 0.3) is 5.69 Å². The van der Waals surface area contributed by atoms with E-state index >= 15 is 0 Å². The summed E-state index contributed by atoms with van der Waals surface area (Å²) in [7, 11) is 0. The van der Waals surface area contributed by atoms with Crippen molar-refractivity contribution in [2.45, 2.75) is 26.4 Å². The number of anilines is 1. The molecule has 29 heavy (non-hydrogen) atoms. The number of nitro benzene ring substituents is 1. The van der Waals surface area contributed by atoms with Crippen molar-refractivity contribution < 1.29 is 4.92 Å². The van der Waals surface area contributed by atoms with Crippen LogP contribution in [0, 0.1) is 24.0 Å². The first kappa shape index (κ1) is 19.1. The normalized spacial score (nSPS) is 15.7. The van der Waals surface area contributed by atoms with Gasteiger partial charge in [-0.3, -0.25) is 10.1 Å². The molecule has 148 valence electrons. The van der Waals surface area contributed by atoms with E-state index < -0.39 is 0 Å². The monoisotopic (exact) mass is 406 g/mol. The minimum atomic E-state index is -0.377. The van der Waals surface area contributed by atoms with Gasteiger partial charge in [0, 0.05) is 42.8 Å². The van der Waals surface area contributed by atoms with Gasteiger partial charge >= 0.3 is 0 Å². The number of aromatic nitrogens is 1. The number of nitro groups is 1. The smallest absolute Gasteiger partial charge is 0.269 e. The summed E-state index contributed by atoms with van der Waals surface area (Å²) < 4.78 is 2.21. The first-order valence-corrected chi connectivity index (χ1v) is 9.90. The van der Waals surface area contributed by atoms with Crippen LogP contribution in [0.5, 0.6) is 0 Å². The van der Waals surface area contributed by atoms with Crippen LogP contribution >= 0.6 is 12.2 Å². The lowest BCUT2D eigenvalue weighted by atomic mass is 10.00. The number of rotatable bonds is 3. The second-order valence-electron chi connectivity index (χ2n) is 7.25. The van der Waals surface area contributed by atoms with E-state index in [1.807, 2.05) is 30.3 Å². The van der Waals surface area contributed by atoms with Gasteiger partial charge in [-0.2, -0.15) is 0 Å². The average molecular weight is 407 g/mol. The Morgan fingerprint density at radius 1 is 1.10 bits per heavy atom. The Labute approximate surface area is 174 Å². The molecule has 1 aromatic heterocycles. The molecule has 1 unspecified atom stereocenters. The van der Waals surface area contributed by atoms with Crippen LogP contribution in [0.2, 0.25) is 0 Å². The van der Waals surface area contributed by atoms with Gasteiger partial charge in [0.1, 0.15) is 0 Å². The zero-order valence-corrected chi connectivity index (χ0v) is 17.1. The Kier molecular flexibility index (Phi) is 5.07. The zero-order valence-electron chi connectivity index (χ0n) is 16.3. The number of benzene rings is 2. The highest BCUT2D eigenvalue weighted by Crippen LogP contribution is 2.34. The van der Waals surface area contributed by atoms with Crippen LogP contribution in [0.1, 0.15) is 28.4 Å². The van der Waals surface area contributed by atoms with Crippen molar-refractivity contribution in [2.24, 2.45) is 0 Å². The van der Waals surface area contributed by atoms with Gasteiger partial charge in [0.15, 0.2) is 5.11 Å². The predicted octanol–water partition coefficient (Wildman–Crippen LogP) is 4.82. The van der Waals surface area contributed by atoms with E-state index in [4.69, 9.17) is 12.2 Å². The lowest BCUT2D eigenvalue weighted by Crippen LogP contribution is -2.44. The average Bonchev–Trinajstić information content (AvgIpc) is 3.19. The highest BCUT2D eigenvalue weighted by Gasteiger charge is 2.31. The van der Waals surface area contributed by atoms with Gasteiger partial charge in [-0.05, 0) is 73.1 Å². The Hall–Kier alpha value is -3.19. The van der Waals surface area contributed by atoms with E-state index in [0.29, 0.717) is 5.11 Å². The highest BCUT2D eigenvalue weighted by molar-refractivity contribution is 7.80. The van der Waals surface area contributed by atoms with E-state index in [1.165, 1.54) is 11.1 Å². The summed E-state index contributed by atoms with van der Waals surface area (Å²) in [6.45, 7) is 5.74. The van der Waals surface area contributed by atoms with Crippen LogP contribution in [0.25, 0.3) is 0 Å². The van der Waals surface area contributed by atoms with Gasteiger partial charge < -0.3 is 14.8 Å². The second-order valence-corrected chi connectivity index (χ2v) is 7.64. The first-order valence-electron chi connectivity index (χ1n) is 9.49. The summed E-state index contributed by atoms with van der Waals surface area (Å²) >= 11 is 5.80. The van der Waals surface area contributed by atoms with Crippen molar-refractivity contribution in [1.82, 2.24) is 9.47 Å². The van der Waals surface area contributed by atoms with Crippen LogP contribution in [0.4, 0.5) is 11.4 Å². The summed E-state index contributed by atoms with van der Waals surface area (Å²) in [5.74, 6) is 0. The minimum Gasteiger partial charge on any atom is -0.348 e. The van der Waals surface area contributed by atoms with Gasteiger partial charge in [-0.1, -0.05) is 12.1 Å². The summed E-state index contributed by atoms with van der Waals surface area (Å²) in [4.78, 5) is 12.8. The van der Waals surface area contributed by atoms with Gasteiger partial charge in [-0.15, -0.1) is 0 Å². The lowest BCUT2D eigenvalue weighted by Gasteiger charge is -2.39. The molecule has 7 heteroatoms. The molecule has 1 N–H and O–H groups in total. The van der Waals surface area contributed by atoms with E-state index in [2.05, 4.69) is 47.0 Å². The van der Waals surface area contributed by atoms with E-state index in [9.17, 15) is 10.1 Å². The summed E-state index contributed by atoms with van der Waals surface area (Å²) in [6, 6.07) is 16.9. The maximum atomic E-state index is 11.0. The van der Waals surface area contributed by atoms with Gasteiger partial charge in [-0.25, -0.2) is 0 Å². The molecule has 2 heterocycles. The third-order valence-electron chi connectivity index (χ3n) is 5.57. The molecule has 1 atom stereocenters. The highest BCUT2D eigenvalue weighted by atomic mass is 32.1. The molecule has 0 saturated carbocycles. The SMILES string of the molecule is Cc1cccc(NC(=S)N2CCn3cccc3C2c2ccc([N+](=O)[O-])cc2)c1C. The fourth-order valence-corrected chi connectivity index (χ4v) is 4.11. The summed E-state index contributed by atoms with van der Waals surface area (Å²) in [6.07, 6.45) is 2.06. The third kappa shape index (κ3) is 3.61. The van der Waals surface area contributed by atoms with Crippen LogP contribution < -0.4 is 5.32 Å². The zero-order chi connectivity index (χ0) is 20.5. The van der Waals surface area contributed by atoms with Crippen molar-refractivity contribution in [3.63, 3.8) is 0 Å². The Morgan fingerprint density at radius 3 is 2.59 bits per heavy atom. The van der Waals surface area contributed by atoms with Crippen molar-refractivity contribution in [3.05, 3.63) is 93.3 Å². The van der Waals surface area contributed by atoms with Gasteiger partial charge in [0.2, 0.25) is 0 Å². The largest absolute Gasteiger partial charge is 0.348 e. The van der Waals surface area contributed by atoms with Crippen LogP contribution in [0.3, 0.4) is 0 Å². The molecule has 0 bridgehead atoms. The van der Waals surface area contributed by atoms with Crippen LogP contribution in [0.15, 0.2) is 60.8 Å². The maximum absolute atomic E-state index is 11.0. The van der Waals surface area contributed by atoms with E-state index in [1.54, 1.807) is 12.1 Å². The lowest BCUT2D eigenvalue weighted by molar-refractivity contribution is -0.384. The molecule has 0 aliphatic carbocycles. The van der Waals surface area contributed by atoms with Crippen molar-refractivity contribution >= 4 is 28.7 Å². The topological polar surface area (TPSA) is 63.3 Å². The molecule has 2 aromatic carbocycles. The number of fused-ring (bicyclic) bond motifs is 1. The summed E-state index contributed by atoms with van der Waals surface area (Å²) in [5.41, 5.74) is 5.55. The maximum Gasteiger partial charge on any atom is 0.269 e. The molecule has 0 spiro atoms. The molecular weight excluding hydrogens is 384 g/mol. The van der Waals surface area contributed by atoms with Crippen molar-refractivity contribution in [3.8, 4) is 0 Å². The fourth-order valence-electron chi connectivity index (χ4n) is 3.80. The molecule has 0 fully saturated rings. The molecule has 3 aromatic rings. The molecule has 0 radical (unpaired) electrons. The number of nitrogens with one attached hydrogen (secondary N) is 1. The quantitative estimate of drug-likeness (QED) is 0.384. The van der Waals surface area contributed by atoms with Crippen molar-refractivity contribution in [2.75, 3.05) is 11.9 Å². The number of aryl methyl sites for hydroxylation is 1. The van der Waals surface area contributed by atoms with Gasteiger partial charge in [0.05, 0.1) is 11.0 Å². The molecule has 6 nitrogen and oxygen atoms in total. The predicted molar refractivity (Wildman–Crippen MR) is 118 cm³/mol. The van der Waals surface area contributed by atoms with E-state index in [-0.39, 0.29) is 16.7 Å². The Bertz CT molecular complexity index is 1070. The molecule has 0 amide bonds. The molecular formula is C22H22N4O2S. The standard InChI is InChI=1S/C22H22N4O2S/c1-15-5-3-6-19(16(15)2)23-22(29)25-14-13-24-12-4-7-20(24)21(25)17-8-10-18(11-9-17)26(27)28/h3-12,21H,13-14H2,1-2H3,(H,23,29). The van der Waals surface area contributed by atoms with Crippen LogP contribution in [-0.2, 0) is 6.54 Å². The number of hydrogen-bond acceptors (Lipinski definition) is 3. The number of non-ortho nitro benzene ring substituents is 1. The minimum absolute atomic E-state index is 0.0857. The first-order chi connectivity index (χ1) is 14.0. The molecule has 1 aliphatic rings. The van der Waals surface area contributed by atoms with E-state index in [0.717, 1.165) is 30.0 Å². The number of hydrogen-bond donors (Lipinski definition) is 1. The molecule has 0 saturated heterocycles. The van der Waals surface area contributed by atoms with Crippen molar-refractivity contribution in [1.29, 1.82) is 0 Å². The number of thiocarbonyl (C=S) groups is 1. The molecule has 1 aliphatic heterocycles. The number of nitrogens with zero attached hydrogens (tertiary/aromatic N) is 3. The third-order valence-corrected chi connectivity index (χ3v) is 5.90. The molecule has 4 rings (SSSR count). The van der Waals surface area contributed by atoms with Crippen LogP contribution in [-0.4, -0.2) is 26.0 Å². The Morgan fingerprint density at radius 2 is 1.86 bits per heavy atom.